The lowest BCUT2D eigenvalue weighted by atomic mass is 10.1. The molecular formula is C15H26N6O2S. The molecule has 134 valence electrons. The molecule has 0 radical (unpaired) electrons. The van der Waals surface area contributed by atoms with Crippen molar-refractivity contribution in [1.82, 2.24) is 20.2 Å². The van der Waals surface area contributed by atoms with Crippen molar-refractivity contribution >= 4 is 21.6 Å². The van der Waals surface area contributed by atoms with Gasteiger partial charge in [-0.2, -0.15) is 4.98 Å². The SMILES string of the molecule is CN(C)CCN(C)c1nccc(N2CCN[C@H]3CS(=O)(=O)C[C@H]32)n1. The summed E-state index contributed by atoms with van der Waals surface area (Å²) in [6.45, 7) is 3.28. The van der Waals surface area contributed by atoms with Gasteiger partial charge in [0.1, 0.15) is 5.82 Å². The number of aromatic nitrogens is 2. The third-order valence-electron chi connectivity index (χ3n) is 4.63. The largest absolute Gasteiger partial charge is 0.350 e. The Hall–Kier alpha value is -1.45. The van der Waals surface area contributed by atoms with Gasteiger partial charge in [0, 0.05) is 45.5 Å². The molecule has 3 heterocycles. The molecule has 1 aromatic heterocycles. The summed E-state index contributed by atoms with van der Waals surface area (Å²) in [7, 11) is 3.07. The summed E-state index contributed by atoms with van der Waals surface area (Å²) in [6.07, 6.45) is 1.75. The predicted molar refractivity (Wildman–Crippen MR) is 95.4 cm³/mol. The van der Waals surface area contributed by atoms with Crippen LogP contribution < -0.4 is 15.1 Å². The van der Waals surface area contributed by atoms with Gasteiger partial charge in [-0.15, -0.1) is 0 Å². The first-order valence-electron chi connectivity index (χ1n) is 8.25. The van der Waals surface area contributed by atoms with Crippen LogP contribution in [0.25, 0.3) is 0 Å². The molecule has 1 aromatic rings. The molecule has 3 rings (SSSR count). The smallest absolute Gasteiger partial charge is 0.227 e. The lowest BCUT2D eigenvalue weighted by Gasteiger charge is -2.38. The van der Waals surface area contributed by atoms with Crippen molar-refractivity contribution in [2.75, 3.05) is 68.6 Å². The van der Waals surface area contributed by atoms with Crippen LogP contribution in [0, 0.1) is 0 Å². The maximum absolute atomic E-state index is 12.0. The fourth-order valence-electron chi connectivity index (χ4n) is 3.28. The second-order valence-electron chi connectivity index (χ2n) is 6.84. The van der Waals surface area contributed by atoms with Crippen molar-refractivity contribution < 1.29 is 8.42 Å². The zero-order chi connectivity index (χ0) is 17.3. The summed E-state index contributed by atoms with van der Waals surface area (Å²) in [5.41, 5.74) is 0. The Kier molecular flexibility index (Phi) is 4.93. The number of hydrogen-bond acceptors (Lipinski definition) is 8. The second kappa shape index (κ2) is 6.81. The van der Waals surface area contributed by atoms with Gasteiger partial charge in [0.2, 0.25) is 5.95 Å². The van der Waals surface area contributed by atoms with Crippen LogP contribution in [-0.2, 0) is 9.84 Å². The van der Waals surface area contributed by atoms with Gasteiger partial charge in [-0.3, -0.25) is 0 Å². The summed E-state index contributed by atoms with van der Waals surface area (Å²) in [6, 6.07) is 1.82. The summed E-state index contributed by atoms with van der Waals surface area (Å²) < 4.78 is 24.0. The zero-order valence-electron chi connectivity index (χ0n) is 14.5. The molecular weight excluding hydrogens is 328 g/mol. The summed E-state index contributed by atoms with van der Waals surface area (Å²) >= 11 is 0. The number of likely N-dealkylation sites (N-methyl/N-ethyl adjacent to an activating group) is 2. The van der Waals surface area contributed by atoms with Crippen LogP contribution in [-0.4, -0.2) is 94.2 Å². The van der Waals surface area contributed by atoms with Crippen LogP contribution in [0.5, 0.6) is 0 Å². The molecule has 9 heteroatoms. The molecule has 0 unspecified atom stereocenters. The Balaban J connectivity index is 1.78. The number of nitrogens with one attached hydrogen (secondary N) is 1. The van der Waals surface area contributed by atoms with Gasteiger partial charge in [-0.05, 0) is 20.2 Å². The Morgan fingerprint density at radius 2 is 2.08 bits per heavy atom. The van der Waals surface area contributed by atoms with E-state index in [1.54, 1.807) is 6.20 Å². The van der Waals surface area contributed by atoms with E-state index >= 15 is 0 Å². The molecule has 2 aliphatic rings. The van der Waals surface area contributed by atoms with E-state index in [0.29, 0.717) is 5.95 Å². The number of sulfone groups is 1. The highest BCUT2D eigenvalue weighted by atomic mass is 32.2. The first-order valence-corrected chi connectivity index (χ1v) is 10.1. The number of piperazine rings is 1. The van der Waals surface area contributed by atoms with Crippen molar-refractivity contribution in [3.05, 3.63) is 12.3 Å². The maximum atomic E-state index is 12.0. The zero-order valence-corrected chi connectivity index (χ0v) is 15.3. The molecule has 0 aromatic carbocycles. The highest BCUT2D eigenvalue weighted by Crippen LogP contribution is 2.26. The molecule has 0 aliphatic carbocycles. The Bertz CT molecular complexity index is 680. The lowest BCUT2D eigenvalue weighted by molar-refractivity contribution is 0.415. The molecule has 24 heavy (non-hydrogen) atoms. The molecule has 2 atom stereocenters. The van der Waals surface area contributed by atoms with Gasteiger partial charge in [-0.1, -0.05) is 0 Å². The molecule has 1 N–H and O–H groups in total. The van der Waals surface area contributed by atoms with Crippen LogP contribution in [0.15, 0.2) is 12.3 Å². The molecule has 2 aliphatic heterocycles. The van der Waals surface area contributed by atoms with E-state index in [9.17, 15) is 8.42 Å². The monoisotopic (exact) mass is 354 g/mol. The van der Waals surface area contributed by atoms with E-state index in [1.807, 2.05) is 32.1 Å². The summed E-state index contributed by atoms with van der Waals surface area (Å²) in [5, 5.41) is 3.33. The Morgan fingerprint density at radius 1 is 1.29 bits per heavy atom. The van der Waals surface area contributed by atoms with E-state index in [-0.39, 0.29) is 23.6 Å². The van der Waals surface area contributed by atoms with Crippen molar-refractivity contribution in [3.63, 3.8) is 0 Å². The van der Waals surface area contributed by atoms with Crippen LogP contribution in [0.2, 0.25) is 0 Å². The summed E-state index contributed by atoms with van der Waals surface area (Å²) in [4.78, 5) is 15.3. The quantitative estimate of drug-likeness (QED) is 0.725. The fourth-order valence-corrected chi connectivity index (χ4v) is 5.24. The third kappa shape index (κ3) is 3.79. The van der Waals surface area contributed by atoms with Crippen molar-refractivity contribution in [2.45, 2.75) is 12.1 Å². The van der Waals surface area contributed by atoms with Gasteiger partial charge >= 0.3 is 0 Å². The van der Waals surface area contributed by atoms with E-state index < -0.39 is 9.84 Å². The normalized spacial score (nSPS) is 25.8. The van der Waals surface area contributed by atoms with Gasteiger partial charge in [0.25, 0.3) is 0 Å². The molecule has 2 fully saturated rings. The number of rotatable bonds is 5. The summed E-state index contributed by atoms with van der Waals surface area (Å²) in [5.74, 6) is 1.89. The van der Waals surface area contributed by atoms with Crippen molar-refractivity contribution in [2.24, 2.45) is 0 Å². The molecule has 8 nitrogen and oxygen atoms in total. The Labute approximate surface area is 143 Å². The van der Waals surface area contributed by atoms with Crippen LogP contribution >= 0.6 is 0 Å². The third-order valence-corrected chi connectivity index (χ3v) is 6.35. The van der Waals surface area contributed by atoms with Crippen LogP contribution in [0.3, 0.4) is 0 Å². The highest BCUT2D eigenvalue weighted by molar-refractivity contribution is 7.91. The number of anilines is 2. The first-order chi connectivity index (χ1) is 11.4. The van der Waals surface area contributed by atoms with Gasteiger partial charge in [-0.25, -0.2) is 13.4 Å². The topological polar surface area (TPSA) is 81.7 Å². The molecule has 0 amide bonds. The minimum Gasteiger partial charge on any atom is -0.350 e. The predicted octanol–water partition coefficient (Wildman–Crippen LogP) is -0.950. The number of fused-ring (bicyclic) bond motifs is 1. The van der Waals surface area contributed by atoms with Gasteiger partial charge in [0.15, 0.2) is 9.84 Å². The minimum absolute atomic E-state index is 0.00589. The van der Waals surface area contributed by atoms with E-state index in [4.69, 9.17) is 0 Å². The molecule has 0 spiro atoms. The highest BCUT2D eigenvalue weighted by Gasteiger charge is 2.43. The van der Waals surface area contributed by atoms with Crippen molar-refractivity contribution in [1.29, 1.82) is 0 Å². The Morgan fingerprint density at radius 3 is 2.83 bits per heavy atom. The molecule has 0 saturated carbocycles. The average Bonchev–Trinajstić information content (AvgIpc) is 2.86. The van der Waals surface area contributed by atoms with Crippen LogP contribution in [0.1, 0.15) is 0 Å². The van der Waals surface area contributed by atoms with Gasteiger partial charge in [0.05, 0.1) is 17.5 Å². The van der Waals surface area contributed by atoms with E-state index in [1.165, 1.54) is 0 Å². The maximum Gasteiger partial charge on any atom is 0.227 e. The standard InChI is InChI=1S/C15H26N6O2S/c1-19(2)8-9-20(3)15-17-5-4-14(18-15)21-7-6-16-12-10-24(22,23)11-13(12)21/h4-5,12-13,16H,6-11H2,1-3H3/t12-,13+/m0/s1. The first kappa shape index (κ1) is 17.4. The second-order valence-corrected chi connectivity index (χ2v) is 8.99. The molecule has 0 bridgehead atoms. The van der Waals surface area contributed by atoms with E-state index in [0.717, 1.165) is 32.0 Å². The molecule has 2 saturated heterocycles. The fraction of sp³-hybridized carbons (Fsp3) is 0.733. The number of hydrogen-bond donors (Lipinski definition) is 1. The lowest BCUT2D eigenvalue weighted by Crippen LogP contribution is -2.57. The van der Waals surface area contributed by atoms with Crippen molar-refractivity contribution in [3.8, 4) is 0 Å². The minimum atomic E-state index is -2.98. The van der Waals surface area contributed by atoms with Crippen LogP contribution in [0.4, 0.5) is 11.8 Å². The van der Waals surface area contributed by atoms with E-state index in [2.05, 4.69) is 25.1 Å². The number of nitrogens with zero attached hydrogens (tertiary/aromatic N) is 5. The average molecular weight is 354 g/mol. The van der Waals surface area contributed by atoms with Gasteiger partial charge < -0.3 is 20.0 Å².